The number of benzene rings is 1. The molecule has 0 saturated carbocycles. The van der Waals surface area contributed by atoms with E-state index in [4.69, 9.17) is 32.0 Å². The fourth-order valence-electron chi connectivity index (χ4n) is 3.93. The molecule has 0 fully saturated rings. The predicted octanol–water partition coefficient (Wildman–Crippen LogP) is 4.79. The van der Waals surface area contributed by atoms with E-state index in [9.17, 15) is 0 Å². The molecule has 0 aliphatic rings. The Morgan fingerprint density at radius 1 is 1.14 bits per heavy atom. The van der Waals surface area contributed by atoms with Crippen molar-refractivity contribution in [1.29, 1.82) is 0 Å². The van der Waals surface area contributed by atoms with Crippen LogP contribution in [0.5, 0.6) is 5.88 Å². The number of aryl methyl sites for hydroxylation is 1. The monoisotopic (exact) mass is 508 g/mol. The number of ether oxygens (including phenoxy) is 1. The number of rotatable bonds is 9. The van der Waals surface area contributed by atoms with Crippen LogP contribution in [0.1, 0.15) is 13.8 Å². The van der Waals surface area contributed by atoms with Gasteiger partial charge in [-0.2, -0.15) is 4.98 Å². The summed E-state index contributed by atoms with van der Waals surface area (Å²) in [5, 5.41) is 4.77. The summed E-state index contributed by atoms with van der Waals surface area (Å²) in [4.78, 5) is 18.0. The van der Waals surface area contributed by atoms with Crippen LogP contribution in [0.15, 0.2) is 42.7 Å². The fourth-order valence-corrected chi connectivity index (χ4v) is 4.13. The van der Waals surface area contributed by atoms with Crippen molar-refractivity contribution in [3.63, 3.8) is 0 Å². The van der Waals surface area contributed by atoms with Crippen molar-refractivity contribution in [2.24, 2.45) is 7.05 Å². The topological polar surface area (TPSA) is 97.4 Å². The average molecular weight is 509 g/mol. The number of likely N-dealkylation sites (N-methyl/N-ethyl adjacent to an activating group) is 2. The van der Waals surface area contributed by atoms with Gasteiger partial charge in [0.25, 0.3) is 0 Å². The normalized spacial score (nSPS) is 11.5. The number of nitrogens with one attached hydrogen (secondary N) is 1. The molecule has 0 radical (unpaired) electrons. The number of nitrogens with zero attached hydrogens (tertiary/aromatic N) is 6. The molecule has 0 unspecified atom stereocenters. The highest BCUT2D eigenvalue weighted by Crippen LogP contribution is 2.36. The van der Waals surface area contributed by atoms with Crippen LogP contribution in [-0.2, 0) is 7.05 Å². The molecule has 0 spiro atoms. The van der Waals surface area contributed by atoms with Crippen LogP contribution in [0.3, 0.4) is 0 Å². The minimum Gasteiger partial charge on any atom is -0.473 e. The number of para-hydroxylation sites is 1. The highest BCUT2D eigenvalue weighted by molar-refractivity contribution is 6.33. The lowest BCUT2D eigenvalue weighted by molar-refractivity contribution is 0.234. The zero-order valence-corrected chi connectivity index (χ0v) is 22.3. The molecule has 9 nitrogen and oxygen atoms in total. The Bertz CT molecular complexity index is 1370. The van der Waals surface area contributed by atoms with E-state index in [0.717, 1.165) is 29.6 Å². The lowest BCUT2D eigenvalue weighted by Gasteiger charge is -2.24. The number of aromatic nitrogens is 4. The molecule has 0 aliphatic carbocycles. The predicted molar refractivity (Wildman–Crippen MR) is 148 cm³/mol. The smallest absolute Gasteiger partial charge is 0.240 e. The molecule has 3 N–H and O–H groups in total. The number of pyridine rings is 1. The minimum absolute atomic E-state index is 0.0843. The van der Waals surface area contributed by atoms with Crippen LogP contribution in [0.4, 0.5) is 23.1 Å². The van der Waals surface area contributed by atoms with E-state index in [0.29, 0.717) is 39.7 Å². The largest absolute Gasteiger partial charge is 0.473 e. The average Bonchev–Trinajstić information content (AvgIpc) is 3.16. The molecule has 3 aromatic heterocycles. The Morgan fingerprint density at radius 3 is 2.61 bits per heavy atom. The van der Waals surface area contributed by atoms with Gasteiger partial charge in [0, 0.05) is 49.8 Å². The summed E-state index contributed by atoms with van der Waals surface area (Å²) >= 11 is 6.55. The van der Waals surface area contributed by atoms with Gasteiger partial charge >= 0.3 is 0 Å². The second-order valence-corrected chi connectivity index (χ2v) is 9.74. The number of nitrogen functional groups attached to an aromatic ring is 1. The SMILES string of the molecule is CC(C)Oc1nc(N(C)CCN(C)C)c(N)cc1Nc1ncc(Cl)c(-c2cn(C)c3ccccc23)n1. The van der Waals surface area contributed by atoms with Crippen LogP contribution in [0.25, 0.3) is 22.2 Å². The van der Waals surface area contributed by atoms with E-state index in [1.54, 1.807) is 6.20 Å². The molecule has 0 saturated heterocycles. The van der Waals surface area contributed by atoms with Gasteiger partial charge < -0.3 is 30.2 Å². The Balaban J connectivity index is 1.71. The van der Waals surface area contributed by atoms with Gasteiger partial charge in [-0.1, -0.05) is 29.8 Å². The van der Waals surface area contributed by atoms with Crippen LogP contribution in [0, 0.1) is 0 Å². The molecule has 0 amide bonds. The molecular weight excluding hydrogens is 476 g/mol. The lowest BCUT2D eigenvalue weighted by Crippen LogP contribution is -2.29. The molecule has 0 bridgehead atoms. The molecular formula is C26H33ClN8O. The summed E-state index contributed by atoms with van der Waals surface area (Å²) in [6.07, 6.45) is 3.53. The highest BCUT2D eigenvalue weighted by atomic mass is 35.5. The molecule has 4 rings (SSSR count). The maximum absolute atomic E-state index is 6.55. The van der Waals surface area contributed by atoms with Gasteiger partial charge in [0.05, 0.1) is 28.7 Å². The first-order valence-electron chi connectivity index (χ1n) is 11.8. The first-order valence-corrected chi connectivity index (χ1v) is 12.2. The second-order valence-electron chi connectivity index (χ2n) is 9.33. The van der Waals surface area contributed by atoms with Crippen molar-refractivity contribution in [2.45, 2.75) is 20.0 Å². The molecule has 1 aromatic carbocycles. The van der Waals surface area contributed by atoms with Gasteiger partial charge in [-0.25, -0.2) is 9.97 Å². The van der Waals surface area contributed by atoms with E-state index in [2.05, 4.69) is 31.9 Å². The lowest BCUT2D eigenvalue weighted by atomic mass is 10.1. The number of hydrogen-bond donors (Lipinski definition) is 2. The number of anilines is 4. The molecule has 190 valence electrons. The molecule has 10 heteroatoms. The Labute approximate surface area is 216 Å². The number of halogens is 1. The van der Waals surface area contributed by atoms with Crippen LogP contribution in [-0.4, -0.2) is 64.8 Å². The standard InChI is InChI=1S/C26H33ClN8O/c1-16(2)36-25-21(13-20(28)24(32-25)34(5)12-11-33(3)4)30-26-29-14-19(27)23(31-26)18-15-35(6)22-10-8-7-9-17(18)22/h7-10,13-16H,11-12,28H2,1-6H3,(H,29,30,31). The van der Waals surface area contributed by atoms with Gasteiger partial charge in [-0.05, 0) is 40.1 Å². The zero-order chi connectivity index (χ0) is 26.0. The fraction of sp³-hybridized carbons (Fsp3) is 0.346. The van der Waals surface area contributed by atoms with Gasteiger partial charge in [0.1, 0.15) is 5.69 Å². The summed E-state index contributed by atoms with van der Waals surface area (Å²) in [6, 6.07) is 9.94. The third-order valence-electron chi connectivity index (χ3n) is 5.73. The van der Waals surface area contributed by atoms with E-state index in [1.165, 1.54) is 0 Å². The highest BCUT2D eigenvalue weighted by Gasteiger charge is 2.19. The maximum Gasteiger partial charge on any atom is 0.240 e. The van der Waals surface area contributed by atoms with Crippen LogP contribution < -0.4 is 20.7 Å². The molecule has 3 heterocycles. The Morgan fingerprint density at radius 2 is 1.89 bits per heavy atom. The molecule has 36 heavy (non-hydrogen) atoms. The first-order chi connectivity index (χ1) is 17.1. The van der Waals surface area contributed by atoms with Gasteiger partial charge in [-0.3, -0.25) is 0 Å². The number of nitrogens with two attached hydrogens (primary N) is 1. The van der Waals surface area contributed by atoms with Gasteiger partial charge in [0.15, 0.2) is 5.82 Å². The van der Waals surface area contributed by atoms with Crippen molar-refractivity contribution in [2.75, 3.05) is 50.2 Å². The summed E-state index contributed by atoms with van der Waals surface area (Å²) in [5.74, 6) is 1.45. The Hall–Kier alpha value is -3.56. The summed E-state index contributed by atoms with van der Waals surface area (Å²) in [6.45, 7) is 5.55. The summed E-state index contributed by atoms with van der Waals surface area (Å²) < 4.78 is 8.09. The number of fused-ring (bicyclic) bond motifs is 1. The molecule has 4 aromatic rings. The molecule has 0 atom stereocenters. The maximum atomic E-state index is 6.55. The summed E-state index contributed by atoms with van der Waals surface area (Å²) in [5.41, 5.74) is 10.2. The van der Waals surface area contributed by atoms with Crippen LogP contribution >= 0.6 is 11.6 Å². The van der Waals surface area contributed by atoms with Crippen LogP contribution in [0.2, 0.25) is 5.02 Å². The summed E-state index contributed by atoms with van der Waals surface area (Å²) in [7, 11) is 8.03. The van der Waals surface area contributed by atoms with E-state index in [1.807, 2.05) is 71.3 Å². The van der Waals surface area contributed by atoms with Crippen molar-refractivity contribution >= 4 is 45.6 Å². The quantitative estimate of drug-likeness (QED) is 0.333. The Kier molecular flexibility index (Phi) is 7.51. The first kappa shape index (κ1) is 25.5. The van der Waals surface area contributed by atoms with E-state index < -0.39 is 0 Å². The van der Waals surface area contributed by atoms with E-state index in [-0.39, 0.29) is 6.10 Å². The van der Waals surface area contributed by atoms with Gasteiger partial charge in [-0.15, -0.1) is 0 Å². The molecule has 0 aliphatic heterocycles. The van der Waals surface area contributed by atoms with Crippen molar-refractivity contribution in [1.82, 2.24) is 24.4 Å². The minimum atomic E-state index is -0.0843. The second kappa shape index (κ2) is 10.6. The van der Waals surface area contributed by atoms with Crippen molar-refractivity contribution in [3.05, 3.63) is 47.7 Å². The number of hydrogen-bond acceptors (Lipinski definition) is 8. The third-order valence-corrected chi connectivity index (χ3v) is 6.01. The van der Waals surface area contributed by atoms with Crippen molar-refractivity contribution < 1.29 is 4.74 Å². The van der Waals surface area contributed by atoms with Gasteiger partial charge in [0.2, 0.25) is 11.8 Å². The third kappa shape index (κ3) is 5.47. The van der Waals surface area contributed by atoms with E-state index >= 15 is 0 Å². The van der Waals surface area contributed by atoms with Crippen molar-refractivity contribution in [3.8, 4) is 17.1 Å². The zero-order valence-electron chi connectivity index (χ0n) is 21.6.